The minimum absolute atomic E-state index is 0.773. The second-order valence-corrected chi connectivity index (χ2v) is 4.78. The van der Waals surface area contributed by atoms with Crippen molar-refractivity contribution in [2.45, 2.75) is 27.2 Å². The number of halogens is 1. The fraction of sp³-hybridized carbons (Fsp3) is 0.538. The van der Waals surface area contributed by atoms with E-state index in [2.05, 4.69) is 54.2 Å². The zero-order chi connectivity index (χ0) is 12.0. The summed E-state index contributed by atoms with van der Waals surface area (Å²) in [5.41, 5.74) is 2.40. The summed E-state index contributed by atoms with van der Waals surface area (Å²) in [6, 6.07) is 4.20. The van der Waals surface area contributed by atoms with Crippen LogP contribution in [0.3, 0.4) is 0 Å². The summed E-state index contributed by atoms with van der Waals surface area (Å²) in [7, 11) is 0. The molecule has 0 aliphatic heterocycles. The van der Waals surface area contributed by atoms with Crippen molar-refractivity contribution in [2.24, 2.45) is 0 Å². The number of rotatable bonds is 6. The number of benzene rings is 1. The van der Waals surface area contributed by atoms with Gasteiger partial charge in [-0.1, -0.05) is 22.9 Å². The molecule has 0 aliphatic rings. The Hall–Kier alpha value is -0.540. The van der Waals surface area contributed by atoms with Crippen LogP contribution in [0, 0.1) is 13.8 Å². The van der Waals surface area contributed by atoms with Crippen LogP contribution in [0.15, 0.2) is 16.6 Å². The van der Waals surface area contributed by atoms with Crippen LogP contribution in [0.1, 0.15) is 24.5 Å². The van der Waals surface area contributed by atoms with E-state index in [1.165, 1.54) is 11.1 Å². The summed E-state index contributed by atoms with van der Waals surface area (Å²) < 4.78 is 6.90. The average molecular weight is 286 g/mol. The minimum Gasteiger partial charge on any atom is -0.493 e. The summed E-state index contributed by atoms with van der Waals surface area (Å²) in [5.74, 6) is 0.997. The van der Waals surface area contributed by atoms with Crippen molar-refractivity contribution in [3.05, 3.63) is 27.7 Å². The Morgan fingerprint density at radius 3 is 2.69 bits per heavy atom. The topological polar surface area (TPSA) is 21.3 Å². The fourth-order valence-corrected chi connectivity index (χ4v) is 1.92. The lowest BCUT2D eigenvalue weighted by Gasteiger charge is -2.11. The molecule has 0 saturated heterocycles. The Labute approximate surface area is 107 Å². The first-order valence-electron chi connectivity index (χ1n) is 5.75. The van der Waals surface area contributed by atoms with Gasteiger partial charge < -0.3 is 10.1 Å². The van der Waals surface area contributed by atoms with E-state index in [4.69, 9.17) is 4.74 Å². The van der Waals surface area contributed by atoms with Crippen LogP contribution < -0.4 is 10.1 Å². The molecule has 0 amide bonds. The third-order valence-corrected chi connectivity index (χ3v) is 3.32. The third-order valence-electron chi connectivity index (χ3n) is 2.46. The molecule has 0 spiro atoms. The third kappa shape index (κ3) is 4.14. The predicted octanol–water partition coefficient (Wildman–Crippen LogP) is 3.44. The zero-order valence-electron chi connectivity index (χ0n) is 10.3. The lowest BCUT2D eigenvalue weighted by Crippen LogP contribution is -2.16. The van der Waals surface area contributed by atoms with Gasteiger partial charge in [-0.3, -0.25) is 0 Å². The van der Waals surface area contributed by atoms with Gasteiger partial charge in [0.15, 0.2) is 0 Å². The van der Waals surface area contributed by atoms with E-state index in [9.17, 15) is 0 Å². The average Bonchev–Trinajstić information content (AvgIpc) is 2.25. The van der Waals surface area contributed by atoms with Gasteiger partial charge in [-0.05, 0) is 56.6 Å². The molecule has 0 heterocycles. The number of aryl methyl sites for hydroxylation is 2. The molecule has 0 unspecified atom stereocenters. The summed E-state index contributed by atoms with van der Waals surface area (Å²) in [5, 5.41) is 3.28. The van der Waals surface area contributed by atoms with Gasteiger partial charge >= 0.3 is 0 Å². The number of ether oxygens (including phenoxy) is 1. The van der Waals surface area contributed by atoms with Gasteiger partial charge in [0.1, 0.15) is 5.75 Å². The second kappa shape index (κ2) is 6.92. The lowest BCUT2D eigenvalue weighted by molar-refractivity contribution is 0.306. The van der Waals surface area contributed by atoms with E-state index in [1.807, 2.05) is 0 Å². The van der Waals surface area contributed by atoms with Crippen LogP contribution in [-0.4, -0.2) is 19.7 Å². The molecule has 1 aromatic carbocycles. The van der Waals surface area contributed by atoms with E-state index < -0.39 is 0 Å². The molecule has 0 bridgehead atoms. The molecule has 2 nitrogen and oxygen atoms in total. The number of hydrogen-bond donors (Lipinski definition) is 1. The van der Waals surface area contributed by atoms with E-state index in [1.54, 1.807) is 0 Å². The highest BCUT2D eigenvalue weighted by Crippen LogP contribution is 2.26. The molecule has 1 aromatic rings. The van der Waals surface area contributed by atoms with Gasteiger partial charge in [-0.25, -0.2) is 0 Å². The van der Waals surface area contributed by atoms with E-state index in [0.29, 0.717) is 0 Å². The summed E-state index contributed by atoms with van der Waals surface area (Å²) in [6.07, 6.45) is 1.04. The standard InChI is InChI=1S/C13H20BrNO/c1-4-15-6-5-7-16-13-9-10(2)12(14)8-11(13)3/h8-9,15H,4-7H2,1-3H3. The molecule has 0 aromatic heterocycles. The van der Waals surface area contributed by atoms with Crippen LogP contribution in [0.25, 0.3) is 0 Å². The highest BCUT2D eigenvalue weighted by atomic mass is 79.9. The summed E-state index contributed by atoms with van der Waals surface area (Å²) >= 11 is 3.52. The quantitative estimate of drug-likeness (QED) is 0.809. The SMILES string of the molecule is CCNCCCOc1cc(C)c(Br)cc1C. The molecule has 0 aliphatic carbocycles. The van der Waals surface area contributed by atoms with Crippen molar-refractivity contribution in [1.82, 2.24) is 5.32 Å². The van der Waals surface area contributed by atoms with Crippen LogP contribution in [0.2, 0.25) is 0 Å². The van der Waals surface area contributed by atoms with Crippen molar-refractivity contribution in [3.8, 4) is 5.75 Å². The van der Waals surface area contributed by atoms with Gasteiger partial charge in [0.2, 0.25) is 0 Å². The van der Waals surface area contributed by atoms with Crippen LogP contribution in [-0.2, 0) is 0 Å². The molecule has 90 valence electrons. The molecular formula is C13H20BrNO. The van der Waals surface area contributed by atoms with Gasteiger partial charge in [0.05, 0.1) is 6.61 Å². The Balaban J connectivity index is 2.45. The molecule has 0 radical (unpaired) electrons. The molecule has 0 saturated carbocycles. The van der Waals surface area contributed by atoms with Crippen molar-refractivity contribution in [2.75, 3.05) is 19.7 Å². The maximum absolute atomic E-state index is 5.76. The zero-order valence-corrected chi connectivity index (χ0v) is 11.9. The Morgan fingerprint density at radius 1 is 1.25 bits per heavy atom. The largest absolute Gasteiger partial charge is 0.493 e. The molecule has 0 atom stereocenters. The first kappa shape index (κ1) is 13.5. The lowest BCUT2D eigenvalue weighted by atomic mass is 10.1. The van der Waals surface area contributed by atoms with E-state index >= 15 is 0 Å². The molecule has 1 N–H and O–H groups in total. The monoisotopic (exact) mass is 285 g/mol. The van der Waals surface area contributed by atoms with Crippen molar-refractivity contribution in [3.63, 3.8) is 0 Å². The summed E-state index contributed by atoms with van der Waals surface area (Å²) in [6.45, 7) is 9.08. The first-order chi connectivity index (χ1) is 7.65. The van der Waals surface area contributed by atoms with Gasteiger partial charge in [-0.15, -0.1) is 0 Å². The Kier molecular flexibility index (Phi) is 5.85. The number of hydrogen-bond acceptors (Lipinski definition) is 2. The number of nitrogens with one attached hydrogen (secondary N) is 1. The van der Waals surface area contributed by atoms with Crippen LogP contribution in [0.4, 0.5) is 0 Å². The van der Waals surface area contributed by atoms with Crippen molar-refractivity contribution >= 4 is 15.9 Å². The maximum atomic E-state index is 5.76. The molecule has 16 heavy (non-hydrogen) atoms. The second-order valence-electron chi connectivity index (χ2n) is 3.92. The Morgan fingerprint density at radius 2 is 2.00 bits per heavy atom. The molecule has 3 heteroatoms. The Bertz CT molecular complexity index is 339. The smallest absolute Gasteiger partial charge is 0.122 e. The van der Waals surface area contributed by atoms with Gasteiger partial charge in [0, 0.05) is 4.47 Å². The van der Waals surface area contributed by atoms with Gasteiger partial charge in [-0.2, -0.15) is 0 Å². The molecule has 1 rings (SSSR count). The fourth-order valence-electron chi connectivity index (χ4n) is 1.47. The first-order valence-corrected chi connectivity index (χ1v) is 6.54. The molecular weight excluding hydrogens is 266 g/mol. The van der Waals surface area contributed by atoms with Crippen molar-refractivity contribution < 1.29 is 4.74 Å². The van der Waals surface area contributed by atoms with Crippen molar-refractivity contribution in [1.29, 1.82) is 0 Å². The van der Waals surface area contributed by atoms with E-state index in [0.717, 1.165) is 36.3 Å². The minimum atomic E-state index is 0.773. The summed E-state index contributed by atoms with van der Waals surface area (Å²) in [4.78, 5) is 0. The van der Waals surface area contributed by atoms with Crippen LogP contribution >= 0.6 is 15.9 Å². The molecule has 0 fully saturated rings. The highest BCUT2D eigenvalue weighted by molar-refractivity contribution is 9.10. The highest BCUT2D eigenvalue weighted by Gasteiger charge is 2.03. The van der Waals surface area contributed by atoms with E-state index in [-0.39, 0.29) is 0 Å². The maximum Gasteiger partial charge on any atom is 0.122 e. The van der Waals surface area contributed by atoms with Gasteiger partial charge in [0.25, 0.3) is 0 Å². The predicted molar refractivity (Wildman–Crippen MR) is 72.3 cm³/mol. The normalized spacial score (nSPS) is 10.5. The van der Waals surface area contributed by atoms with Crippen LogP contribution in [0.5, 0.6) is 5.75 Å².